The van der Waals surface area contributed by atoms with Crippen molar-refractivity contribution in [2.75, 3.05) is 0 Å². The summed E-state index contributed by atoms with van der Waals surface area (Å²) >= 11 is 5.88. The lowest BCUT2D eigenvalue weighted by molar-refractivity contribution is 0.860. The summed E-state index contributed by atoms with van der Waals surface area (Å²) in [7, 11) is 0. The normalized spacial score (nSPS) is 11.3. The SMILES string of the molecule is Cc1nc2cc(C(C)C)cnc2nc1Cl. The van der Waals surface area contributed by atoms with Gasteiger partial charge in [-0.05, 0) is 24.5 Å². The van der Waals surface area contributed by atoms with Crippen LogP contribution in [0.25, 0.3) is 11.2 Å². The van der Waals surface area contributed by atoms with E-state index in [0.717, 1.165) is 11.2 Å². The number of aromatic nitrogens is 3. The van der Waals surface area contributed by atoms with Crippen LogP contribution in [0.4, 0.5) is 0 Å². The second-order valence-electron chi connectivity index (χ2n) is 3.87. The van der Waals surface area contributed by atoms with Gasteiger partial charge >= 0.3 is 0 Å². The first-order valence-corrected chi connectivity index (χ1v) is 5.25. The molecule has 0 aliphatic rings. The molecule has 0 aromatic carbocycles. The van der Waals surface area contributed by atoms with Crippen LogP contribution < -0.4 is 0 Å². The predicted octanol–water partition coefficient (Wildman–Crippen LogP) is 3.11. The summed E-state index contributed by atoms with van der Waals surface area (Å²) < 4.78 is 0. The Balaban J connectivity index is 2.66. The van der Waals surface area contributed by atoms with Crippen LogP contribution in [-0.2, 0) is 0 Å². The Morgan fingerprint density at radius 3 is 2.67 bits per heavy atom. The maximum absolute atomic E-state index is 5.88. The van der Waals surface area contributed by atoms with Gasteiger partial charge in [0, 0.05) is 6.20 Å². The molecule has 2 heterocycles. The van der Waals surface area contributed by atoms with E-state index < -0.39 is 0 Å². The Morgan fingerprint density at radius 2 is 2.00 bits per heavy atom. The molecule has 3 nitrogen and oxygen atoms in total. The molecule has 0 saturated carbocycles. The van der Waals surface area contributed by atoms with Crippen LogP contribution in [0.2, 0.25) is 5.15 Å². The molecule has 0 aliphatic heterocycles. The fraction of sp³-hybridized carbons (Fsp3) is 0.364. The first-order valence-electron chi connectivity index (χ1n) is 4.87. The first kappa shape index (κ1) is 10.3. The molecule has 0 aliphatic carbocycles. The van der Waals surface area contributed by atoms with Gasteiger partial charge in [-0.25, -0.2) is 15.0 Å². The van der Waals surface area contributed by atoms with E-state index in [1.165, 1.54) is 5.56 Å². The third-order valence-corrected chi connectivity index (χ3v) is 2.68. The maximum atomic E-state index is 5.88. The van der Waals surface area contributed by atoms with E-state index in [1.54, 1.807) is 0 Å². The fourth-order valence-electron chi connectivity index (χ4n) is 1.35. The minimum absolute atomic E-state index is 0.423. The monoisotopic (exact) mass is 221 g/mol. The van der Waals surface area contributed by atoms with Gasteiger partial charge in [0.25, 0.3) is 0 Å². The highest BCUT2D eigenvalue weighted by molar-refractivity contribution is 6.30. The molecule has 0 N–H and O–H groups in total. The molecule has 0 radical (unpaired) electrons. The van der Waals surface area contributed by atoms with Gasteiger partial charge < -0.3 is 0 Å². The third-order valence-electron chi connectivity index (χ3n) is 2.33. The van der Waals surface area contributed by atoms with E-state index in [4.69, 9.17) is 11.6 Å². The molecule has 15 heavy (non-hydrogen) atoms. The summed E-state index contributed by atoms with van der Waals surface area (Å²) in [4.78, 5) is 12.8. The number of nitrogens with zero attached hydrogens (tertiary/aromatic N) is 3. The van der Waals surface area contributed by atoms with Crippen molar-refractivity contribution in [1.29, 1.82) is 0 Å². The van der Waals surface area contributed by atoms with Crippen molar-refractivity contribution in [1.82, 2.24) is 15.0 Å². The number of fused-ring (bicyclic) bond motifs is 1. The Hall–Kier alpha value is -1.22. The summed E-state index contributed by atoms with van der Waals surface area (Å²) in [5.41, 5.74) is 3.32. The number of aryl methyl sites for hydroxylation is 1. The Morgan fingerprint density at radius 1 is 1.27 bits per heavy atom. The molecule has 0 amide bonds. The van der Waals surface area contributed by atoms with E-state index in [-0.39, 0.29) is 0 Å². The van der Waals surface area contributed by atoms with Crippen LogP contribution in [0, 0.1) is 6.92 Å². The first-order chi connectivity index (χ1) is 7.08. The zero-order valence-corrected chi connectivity index (χ0v) is 9.71. The van der Waals surface area contributed by atoms with Crippen molar-refractivity contribution in [2.24, 2.45) is 0 Å². The molecule has 0 fully saturated rings. The molecular weight excluding hydrogens is 210 g/mol. The van der Waals surface area contributed by atoms with Gasteiger partial charge in [0.15, 0.2) is 10.8 Å². The van der Waals surface area contributed by atoms with E-state index in [2.05, 4.69) is 28.8 Å². The Kier molecular flexibility index (Phi) is 2.57. The highest BCUT2D eigenvalue weighted by Gasteiger charge is 2.06. The van der Waals surface area contributed by atoms with Crippen LogP contribution in [0.15, 0.2) is 12.3 Å². The van der Waals surface area contributed by atoms with Gasteiger partial charge in [0.1, 0.15) is 5.52 Å². The maximum Gasteiger partial charge on any atom is 0.179 e. The van der Waals surface area contributed by atoms with Crippen LogP contribution >= 0.6 is 11.6 Å². The van der Waals surface area contributed by atoms with Crippen LogP contribution in [0.1, 0.15) is 31.0 Å². The largest absolute Gasteiger partial charge is 0.247 e. The molecular formula is C11H12ClN3. The van der Waals surface area contributed by atoms with Crippen molar-refractivity contribution in [2.45, 2.75) is 26.7 Å². The fourth-order valence-corrected chi connectivity index (χ4v) is 1.47. The van der Waals surface area contributed by atoms with E-state index in [1.807, 2.05) is 19.2 Å². The topological polar surface area (TPSA) is 38.7 Å². The van der Waals surface area contributed by atoms with Gasteiger partial charge in [-0.1, -0.05) is 25.4 Å². The average Bonchev–Trinajstić information content (AvgIpc) is 2.19. The lowest BCUT2D eigenvalue weighted by atomic mass is 10.1. The predicted molar refractivity (Wildman–Crippen MR) is 61.2 cm³/mol. The van der Waals surface area contributed by atoms with Crippen molar-refractivity contribution in [3.63, 3.8) is 0 Å². The van der Waals surface area contributed by atoms with Crippen LogP contribution in [0.5, 0.6) is 0 Å². The summed E-state index contributed by atoms with van der Waals surface area (Å²) in [6, 6.07) is 2.02. The third kappa shape index (κ3) is 1.92. The van der Waals surface area contributed by atoms with Crippen molar-refractivity contribution >= 4 is 22.8 Å². The number of halogens is 1. The van der Waals surface area contributed by atoms with Crippen LogP contribution in [0.3, 0.4) is 0 Å². The molecule has 4 heteroatoms. The second kappa shape index (κ2) is 3.74. The standard InChI is InChI=1S/C11H12ClN3/c1-6(2)8-4-9-11(13-5-8)15-10(12)7(3)14-9/h4-6H,1-3H3. The molecule has 0 atom stereocenters. The molecule has 2 rings (SSSR count). The molecule has 0 bridgehead atoms. The van der Waals surface area contributed by atoms with Crippen molar-refractivity contribution in [3.05, 3.63) is 28.7 Å². The average molecular weight is 222 g/mol. The van der Waals surface area contributed by atoms with Crippen LogP contribution in [-0.4, -0.2) is 15.0 Å². The van der Waals surface area contributed by atoms with E-state index >= 15 is 0 Å². The number of pyridine rings is 1. The summed E-state index contributed by atoms with van der Waals surface area (Å²) in [6.45, 7) is 6.09. The quantitative estimate of drug-likeness (QED) is 0.743. The van der Waals surface area contributed by atoms with Gasteiger partial charge in [-0.15, -0.1) is 0 Å². The van der Waals surface area contributed by atoms with E-state index in [9.17, 15) is 0 Å². The molecule has 2 aromatic rings. The number of hydrogen-bond donors (Lipinski definition) is 0. The lowest BCUT2D eigenvalue weighted by Crippen LogP contribution is -1.95. The zero-order valence-electron chi connectivity index (χ0n) is 8.95. The molecule has 2 aromatic heterocycles. The van der Waals surface area contributed by atoms with E-state index in [0.29, 0.717) is 16.7 Å². The minimum atomic E-state index is 0.423. The zero-order chi connectivity index (χ0) is 11.0. The molecule has 0 unspecified atom stereocenters. The van der Waals surface area contributed by atoms with Gasteiger partial charge in [0.2, 0.25) is 0 Å². The smallest absolute Gasteiger partial charge is 0.179 e. The Labute approximate surface area is 93.5 Å². The highest BCUT2D eigenvalue weighted by atomic mass is 35.5. The molecule has 78 valence electrons. The number of rotatable bonds is 1. The highest BCUT2D eigenvalue weighted by Crippen LogP contribution is 2.19. The lowest BCUT2D eigenvalue weighted by Gasteiger charge is -2.06. The molecule has 0 spiro atoms. The van der Waals surface area contributed by atoms with Gasteiger partial charge in [0.05, 0.1) is 5.69 Å². The Bertz CT molecular complexity index is 508. The second-order valence-corrected chi connectivity index (χ2v) is 4.22. The summed E-state index contributed by atoms with van der Waals surface area (Å²) in [5.74, 6) is 0.444. The summed E-state index contributed by atoms with van der Waals surface area (Å²) in [6.07, 6.45) is 1.83. The van der Waals surface area contributed by atoms with Gasteiger partial charge in [-0.2, -0.15) is 0 Å². The summed E-state index contributed by atoms with van der Waals surface area (Å²) in [5, 5.41) is 0.423. The number of hydrogen-bond acceptors (Lipinski definition) is 3. The molecule has 0 saturated heterocycles. The van der Waals surface area contributed by atoms with Crippen molar-refractivity contribution < 1.29 is 0 Å². The van der Waals surface area contributed by atoms with Gasteiger partial charge in [-0.3, -0.25) is 0 Å². The minimum Gasteiger partial charge on any atom is -0.247 e. The van der Waals surface area contributed by atoms with Crippen molar-refractivity contribution in [3.8, 4) is 0 Å².